The highest BCUT2D eigenvalue weighted by Crippen LogP contribution is 2.33. The molecule has 2 heteroatoms. The summed E-state index contributed by atoms with van der Waals surface area (Å²) in [5.74, 6) is 1.51. The zero-order chi connectivity index (χ0) is 30.4. The molecule has 0 aromatic heterocycles. The first kappa shape index (κ1) is 32.4. The van der Waals surface area contributed by atoms with Crippen LogP contribution in [0.3, 0.4) is 0 Å². The molecule has 228 valence electrons. The van der Waals surface area contributed by atoms with E-state index < -0.39 is 0 Å². The Morgan fingerprint density at radius 3 is 1.05 bits per heavy atom. The van der Waals surface area contributed by atoms with E-state index in [4.69, 9.17) is 11.5 Å². The fourth-order valence-electron chi connectivity index (χ4n) is 6.53. The van der Waals surface area contributed by atoms with Gasteiger partial charge in [-0.3, -0.25) is 0 Å². The van der Waals surface area contributed by atoms with Crippen molar-refractivity contribution in [2.75, 3.05) is 11.5 Å². The lowest BCUT2D eigenvalue weighted by molar-refractivity contribution is 0.460. The first-order valence-corrected chi connectivity index (χ1v) is 16.9. The molecule has 4 aromatic rings. The van der Waals surface area contributed by atoms with Gasteiger partial charge in [0.25, 0.3) is 0 Å². The third-order valence-electron chi connectivity index (χ3n) is 9.15. The Labute approximate surface area is 261 Å². The van der Waals surface area contributed by atoms with E-state index in [9.17, 15) is 0 Å². The normalized spacial score (nSPS) is 13.5. The standard InChI is InChI=1S/C41H54N2/c1-4-7-10-33(29-31-13-17-34(18-14-31)40(11-8-5-2)36-21-25-38(42)26-22-36)30-32-15-19-35(20-16-32)41(12-9-6-3)37-23-27-39(43)28-24-37/h13-28,33,40-41H,4-12,29-30,42-43H2,1-3H3. The molecule has 2 nitrogen and oxygen atoms in total. The number of hydrogen-bond donors (Lipinski definition) is 2. The van der Waals surface area contributed by atoms with Crippen molar-refractivity contribution < 1.29 is 0 Å². The van der Waals surface area contributed by atoms with Crippen molar-refractivity contribution >= 4 is 11.4 Å². The summed E-state index contributed by atoms with van der Waals surface area (Å²) in [6.07, 6.45) is 13.3. The third-order valence-corrected chi connectivity index (χ3v) is 9.15. The van der Waals surface area contributed by atoms with Gasteiger partial charge >= 0.3 is 0 Å². The van der Waals surface area contributed by atoms with Crippen molar-refractivity contribution in [3.63, 3.8) is 0 Å². The Kier molecular flexibility index (Phi) is 12.8. The summed E-state index contributed by atoms with van der Waals surface area (Å²) in [5, 5.41) is 0. The average Bonchev–Trinajstić information content (AvgIpc) is 3.03. The fourth-order valence-corrected chi connectivity index (χ4v) is 6.53. The summed E-state index contributed by atoms with van der Waals surface area (Å²) >= 11 is 0. The Hall–Kier alpha value is -3.52. The molecule has 43 heavy (non-hydrogen) atoms. The van der Waals surface area contributed by atoms with Crippen molar-refractivity contribution in [2.45, 2.75) is 103 Å². The Morgan fingerprint density at radius 2 is 0.721 bits per heavy atom. The van der Waals surface area contributed by atoms with Crippen molar-refractivity contribution in [2.24, 2.45) is 5.92 Å². The molecule has 2 atom stereocenters. The SMILES string of the molecule is CCCCC(Cc1ccc(C(CCCC)c2ccc(N)cc2)cc1)Cc1ccc(C(CCCC)c2ccc(N)cc2)cc1. The van der Waals surface area contributed by atoms with Gasteiger partial charge in [0.1, 0.15) is 0 Å². The molecule has 0 saturated heterocycles. The van der Waals surface area contributed by atoms with E-state index >= 15 is 0 Å². The highest BCUT2D eigenvalue weighted by molar-refractivity contribution is 5.44. The van der Waals surface area contributed by atoms with Crippen LogP contribution in [-0.4, -0.2) is 0 Å². The highest BCUT2D eigenvalue weighted by atomic mass is 14.5. The van der Waals surface area contributed by atoms with Gasteiger partial charge in [0.05, 0.1) is 0 Å². The molecule has 0 radical (unpaired) electrons. The summed E-state index contributed by atoms with van der Waals surface area (Å²) < 4.78 is 0. The molecule has 0 aliphatic carbocycles. The smallest absolute Gasteiger partial charge is 0.0314 e. The van der Waals surface area contributed by atoms with Crippen LogP contribution in [0.4, 0.5) is 11.4 Å². The van der Waals surface area contributed by atoms with E-state index in [0.29, 0.717) is 17.8 Å². The van der Waals surface area contributed by atoms with E-state index in [0.717, 1.165) is 24.2 Å². The second-order valence-corrected chi connectivity index (χ2v) is 12.6. The summed E-state index contributed by atoms with van der Waals surface area (Å²) in [6, 6.07) is 36.0. The van der Waals surface area contributed by atoms with E-state index in [-0.39, 0.29) is 0 Å². The molecule has 0 aliphatic rings. The Bertz CT molecular complexity index is 1220. The zero-order valence-electron chi connectivity index (χ0n) is 26.9. The molecule has 0 bridgehead atoms. The van der Waals surface area contributed by atoms with Crippen LogP contribution in [-0.2, 0) is 12.8 Å². The predicted molar refractivity (Wildman–Crippen MR) is 188 cm³/mol. The van der Waals surface area contributed by atoms with Crippen molar-refractivity contribution in [3.05, 3.63) is 130 Å². The average molecular weight is 575 g/mol. The molecule has 0 spiro atoms. The lowest BCUT2D eigenvalue weighted by atomic mass is 9.84. The van der Waals surface area contributed by atoms with Crippen molar-refractivity contribution in [3.8, 4) is 0 Å². The van der Waals surface area contributed by atoms with E-state index in [1.807, 2.05) is 24.3 Å². The number of hydrogen-bond acceptors (Lipinski definition) is 2. The lowest BCUT2D eigenvalue weighted by Gasteiger charge is -2.21. The van der Waals surface area contributed by atoms with Gasteiger partial charge in [0.2, 0.25) is 0 Å². The number of nitrogen functional groups attached to an aromatic ring is 2. The number of rotatable bonds is 17. The topological polar surface area (TPSA) is 52.0 Å². The molecular formula is C41H54N2. The maximum absolute atomic E-state index is 5.98. The van der Waals surface area contributed by atoms with Gasteiger partial charge in [0.15, 0.2) is 0 Å². The van der Waals surface area contributed by atoms with E-state index in [2.05, 4.69) is 93.6 Å². The van der Waals surface area contributed by atoms with Crippen LogP contribution in [0.25, 0.3) is 0 Å². The monoisotopic (exact) mass is 574 g/mol. The molecule has 0 saturated carbocycles. The summed E-state index contributed by atoms with van der Waals surface area (Å²) in [7, 11) is 0. The minimum absolute atomic E-state index is 0.429. The Balaban J connectivity index is 1.46. The Morgan fingerprint density at radius 1 is 0.419 bits per heavy atom. The van der Waals surface area contributed by atoms with E-state index in [1.54, 1.807) is 0 Å². The van der Waals surface area contributed by atoms with Crippen LogP contribution in [0, 0.1) is 5.92 Å². The molecule has 0 heterocycles. The van der Waals surface area contributed by atoms with Gasteiger partial charge in [-0.1, -0.05) is 132 Å². The van der Waals surface area contributed by atoms with Gasteiger partial charge in [-0.05, 0) is 95.7 Å². The minimum Gasteiger partial charge on any atom is -0.399 e. The summed E-state index contributed by atoms with van der Waals surface area (Å²) in [5.41, 5.74) is 22.1. The van der Waals surface area contributed by atoms with E-state index in [1.165, 1.54) is 91.2 Å². The van der Waals surface area contributed by atoms with Crippen molar-refractivity contribution in [1.29, 1.82) is 0 Å². The first-order valence-electron chi connectivity index (χ1n) is 16.9. The molecule has 2 unspecified atom stereocenters. The molecule has 4 aromatic carbocycles. The molecule has 4 N–H and O–H groups in total. The quantitative estimate of drug-likeness (QED) is 0.123. The van der Waals surface area contributed by atoms with Gasteiger partial charge in [-0.15, -0.1) is 0 Å². The minimum atomic E-state index is 0.429. The van der Waals surface area contributed by atoms with Gasteiger partial charge in [-0.2, -0.15) is 0 Å². The van der Waals surface area contributed by atoms with Crippen LogP contribution >= 0.6 is 0 Å². The van der Waals surface area contributed by atoms with Crippen molar-refractivity contribution in [1.82, 2.24) is 0 Å². The predicted octanol–water partition coefficient (Wildman–Crippen LogP) is 11.1. The largest absolute Gasteiger partial charge is 0.399 e. The fraction of sp³-hybridized carbons (Fsp3) is 0.415. The summed E-state index contributed by atoms with van der Waals surface area (Å²) in [4.78, 5) is 0. The molecule has 0 amide bonds. The molecule has 0 aliphatic heterocycles. The van der Waals surface area contributed by atoms with Gasteiger partial charge in [-0.25, -0.2) is 0 Å². The maximum atomic E-state index is 5.98. The number of nitrogens with two attached hydrogens (primary N) is 2. The first-order chi connectivity index (χ1) is 21.0. The highest BCUT2D eigenvalue weighted by Gasteiger charge is 2.17. The van der Waals surface area contributed by atoms with Crippen LogP contribution < -0.4 is 11.5 Å². The molecular weight excluding hydrogens is 520 g/mol. The lowest BCUT2D eigenvalue weighted by Crippen LogP contribution is -2.10. The number of anilines is 2. The van der Waals surface area contributed by atoms with Crippen LogP contribution in [0.2, 0.25) is 0 Å². The van der Waals surface area contributed by atoms with Gasteiger partial charge in [0, 0.05) is 23.2 Å². The zero-order valence-corrected chi connectivity index (χ0v) is 26.9. The van der Waals surface area contributed by atoms with Crippen LogP contribution in [0.15, 0.2) is 97.1 Å². The van der Waals surface area contributed by atoms with Crippen LogP contribution in [0.5, 0.6) is 0 Å². The second kappa shape index (κ2) is 16.9. The molecule has 4 rings (SSSR count). The van der Waals surface area contributed by atoms with Crippen LogP contribution in [0.1, 0.15) is 124 Å². The summed E-state index contributed by atoms with van der Waals surface area (Å²) in [6.45, 7) is 6.86. The number of unbranched alkanes of at least 4 members (excludes halogenated alkanes) is 3. The number of benzene rings is 4. The molecule has 0 fully saturated rings. The maximum Gasteiger partial charge on any atom is 0.0314 e. The third kappa shape index (κ3) is 9.75. The second-order valence-electron chi connectivity index (χ2n) is 12.6. The van der Waals surface area contributed by atoms with Gasteiger partial charge < -0.3 is 11.5 Å².